The Labute approximate surface area is 129 Å². The second kappa shape index (κ2) is 6.30. The Bertz CT molecular complexity index is 889. The monoisotopic (exact) mass is 338 g/mol. The molecule has 0 saturated carbocycles. The minimum absolute atomic E-state index is 0.0947. The van der Waals surface area contributed by atoms with E-state index < -0.39 is 20.0 Å². The number of para-hydroxylation sites is 1. The van der Waals surface area contributed by atoms with Crippen LogP contribution in [0, 0.1) is 0 Å². The molecule has 0 aliphatic heterocycles. The second-order valence-electron chi connectivity index (χ2n) is 4.40. The normalized spacial score (nSPS) is 12.4. The van der Waals surface area contributed by atoms with Gasteiger partial charge in [0.2, 0.25) is 10.0 Å². The molecule has 116 valence electrons. The van der Waals surface area contributed by atoms with Crippen molar-refractivity contribution in [3.63, 3.8) is 0 Å². The molecule has 0 spiro atoms. The predicted molar refractivity (Wildman–Crippen MR) is 85.8 cm³/mol. The quantitative estimate of drug-likeness (QED) is 0.866. The van der Waals surface area contributed by atoms with Crippen LogP contribution < -0.4 is 9.86 Å². The summed E-state index contributed by atoms with van der Waals surface area (Å²) in [4.78, 5) is -0.285. The Morgan fingerprint density at radius 1 is 0.864 bits per heavy atom. The molecule has 0 radical (unpaired) electrons. The van der Waals surface area contributed by atoms with Gasteiger partial charge in [-0.15, -0.1) is 0 Å². The number of nitrogens with two attached hydrogens (primary N) is 1. The van der Waals surface area contributed by atoms with Gasteiger partial charge in [0.25, 0.3) is 10.0 Å². The number of rotatable bonds is 5. The Hall–Kier alpha value is -2.16. The van der Waals surface area contributed by atoms with Gasteiger partial charge >= 0.3 is 0 Å². The molecule has 0 bridgehead atoms. The highest BCUT2D eigenvalue weighted by molar-refractivity contribution is 7.95. The maximum atomic E-state index is 12.0. The molecule has 3 N–H and O–H groups in total. The molecule has 8 heteroatoms. The minimum atomic E-state index is -4.02. The fraction of sp³-hybridized carbons (Fsp3) is 0. The largest absolute Gasteiger partial charge is 0.279 e. The van der Waals surface area contributed by atoms with Crippen molar-refractivity contribution in [2.75, 3.05) is 4.72 Å². The highest BCUT2D eigenvalue weighted by Crippen LogP contribution is 2.21. The molecule has 0 aromatic heterocycles. The van der Waals surface area contributed by atoms with Crippen molar-refractivity contribution in [1.82, 2.24) is 0 Å². The van der Waals surface area contributed by atoms with Gasteiger partial charge in [0.05, 0.1) is 11.1 Å². The molecule has 0 heterocycles. The van der Waals surface area contributed by atoms with Gasteiger partial charge in [-0.3, -0.25) is 4.72 Å². The SMILES string of the molecule is NS(=O)(=O)c1ccccc1NS(=O)(=O)C=Cc1ccccc1. The molecule has 0 aliphatic carbocycles. The Balaban J connectivity index is 2.29. The van der Waals surface area contributed by atoms with Crippen molar-refractivity contribution in [2.24, 2.45) is 5.14 Å². The van der Waals surface area contributed by atoms with Crippen LogP contribution in [0.3, 0.4) is 0 Å². The molecule has 2 aromatic rings. The zero-order chi connectivity index (χ0) is 16.2. The van der Waals surface area contributed by atoms with Gasteiger partial charge < -0.3 is 0 Å². The van der Waals surface area contributed by atoms with Crippen LogP contribution in [-0.4, -0.2) is 16.8 Å². The summed E-state index contributed by atoms with van der Waals surface area (Å²) in [5.74, 6) is 0. The van der Waals surface area contributed by atoms with Crippen molar-refractivity contribution < 1.29 is 16.8 Å². The number of benzene rings is 2. The number of hydrogen-bond acceptors (Lipinski definition) is 4. The third-order valence-corrected chi connectivity index (χ3v) is 4.65. The average molecular weight is 338 g/mol. The first kappa shape index (κ1) is 16.2. The van der Waals surface area contributed by atoms with Gasteiger partial charge in [-0.2, -0.15) is 0 Å². The minimum Gasteiger partial charge on any atom is -0.279 e. The van der Waals surface area contributed by atoms with Crippen LogP contribution in [0.2, 0.25) is 0 Å². The summed E-state index contributed by atoms with van der Waals surface area (Å²) in [6.07, 6.45) is 1.40. The summed E-state index contributed by atoms with van der Waals surface area (Å²) in [6, 6.07) is 14.4. The van der Waals surface area contributed by atoms with Crippen LogP contribution in [0.4, 0.5) is 5.69 Å². The number of sulfonamides is 2. The van der Waals surface area contributed by atoms with E-state index in [1.54, 1.807) is 24.3 Å². The van der Waals surface area contributed by atoms with Gasteiger partial charge in [-0.05, 0) is 23.8 Å². The maximum absolute atomic E-state index is 12.0. The van der Waals surface area contributed by atoms with Gasteiger partial charge in [-0.1, -0.05) is 42.5 Å². The van der Waals surface area contributed by atoms with E-state index in [1.807, 2.05) is 6.07 Å². The van der Waals surface area contributed by atoms with Crippen LogP contribution in [0.5, 0.6) is 0 Å². The van der Waals surface area contributed by atoms with Crippen LogP contribution in [0.25, 0.3) is 6.08 Å². The van der Waals surface area contributed by atoms with E-state index in [0.717, 1.165) is 5.41 Å². The molecule has 0 amide bonds. The van der Waals surface area contributed by atoms with Crippen LogP contribution in [0.1, 0.15) is 5.56 Å². The van der Waals surface area contributed by atoms with Crippen LogP contribution in [-0.2, 0) is 20.0 Å². The summed E-state index contributed by atoms with van der Waals surface area (Å²) in [5.41, 5.74) is 0.607. The smallest absolute Gasteiger partial charge is 0.255 e. The molecule has 2 aromatic carbocycles. The molecule has 0 aliphatic rings. The number of anilines is 1. The van der Waals surface area contributed by atoms with Crippen molar-refractivity contribution >= 4 is 31.8 Å². The molecular weight excluding hydrogens is 324 g/mol. The second-order valence-corrected chi connectivity index (χ2v) is 7.50. The summed E-state index contributed by atoms with van der Waals surface area (Å²) < 4.78 is 49.1. The van der Waals surface area contributed by atoms with Crippen molar-refractivity contribution in [3.8, 4) is 0 Å². The van der Waals surface area contributed by atoms with Gasteiger partial charge in [0.15, 0.2) is 0 Å². The molecule has 2 rings (SSSR count). The van der Waals surface area contributed by atoms with E-state index in [9.17, 15) is 16.8 Å². The number of hydrogen-bond donors (Lipinski definition) is 2. The Kier molecular flexibility index (Phi) is 4.65. The summed E-state index contributed by atoms with van der Waals surface area (Å²) in [5, 5.41) is 6.02. The number of primary sulfonamides is 1. The summed E-state index contributed by atoms with van der Waals surface area (Å²) >= 11 is 0. The summed E-state index contributed by atoms with van der Waals surface area (Å²) in [6.45, 7) is 0. The van der Waals surface area contributed by atoms with E-state index in [1.165, 1.54) is 30.3 Å². The Morgan fingerprint density at radius 2 is 1.45 bits per heavy atom. The van der Waals surface area contributed by atoms with Gasteiger partial charge in [0, 0.05) is 0 Å². The first-order chi connectivity index (χ1) is 10.3. The lowest BCUT2D eigenvalue weighted by atomic mass is 10.2. The maximum Gasteiger partial charge on any atom is 0.255 e. The fourth-order valence-electron chi connectivity index (χ4n) is 1.72. The Morgan fingerprint density at radius 3 is 2.09 bits per heavy atom. The van der Waals surface area contributed by atoms with E-state index >= 15 is 0 Å². The topological polar surface area (TPSA) is 106 Å². The van der Waals surface area contributed by atoms with E-state index in [0.29, 0.717) is 5.56 Å². The van der Waals surface area contributed by atoms with E-state index in [4.69, 9.17) is 5.14 Å². The van der Waals surface area contributed by atoms with E-state index in [2.05, 4.69) is 4.72 Å². The third-order valence-electron chi connectivity index (χ3n) is 2.69. The zero-order valence-electron chi connectivity index (χ0n) is 11.4. The lowest BCUT2D eigenvalue weighted by molar-refractivity contribution is 0.598. The lowest BCUT2D eigenvalue weighted by Gasteiger charge is -2.08. The molecule has 0 fully saturated rings. The predicted octanol–water partition coefficient (Wildman–Crippen LogP) is 1.75. The number of nitrogens with one attached hydrogen (secondary N) is 1. The van der Waals surface area contributed by atoms with E-state index in [-0.39, 0.29) is 10.6 Å². The highest BCUT2D eigenvalue weighted by atomic mass is 32.2. The first-order valence-corrected chi connectivity index (χ1v) is 9.25. The third kappa shape index (κ3) is 4.42. The molecule has 0 unspecified atom stereocenters. The molecule has 6 nitrogen and oxygen atoms in total. The van der Waals surface area contributed by atoms with Crippen LogP contribution >= 0.6 is 0 Å². The van der Waals surface area contributed by atoms with Crippen molar-refractivity contribution in [3.05, 3.63) is 65.6 Å². The summed E-state index contributed by atoms with van der Waals surface area (Å²) in [7, 11) is -7.89. The highest BCUT2D eigenvalue weighted by Gasteiger charge is 2.16. The average Bonchev–Trinajstić information content (AvgIpc) is 2.45. The van der Waals surface area contributed by atoms with Crippen molar-refractivity contribution in [1.29, 1.82) is 0 Å². The first-order valence-electron chi connectivity index (χ1n) is 6.16. The molecule has 0 saturated heterocycles. The van der Waals surface area contributed by atoms with Crippen LogP contribution in [0.15, 0.2) is 64.9 Å². The van der Waals surface area contributed by atoms with Gasteiger partial charge in [0.1, 0.15) is 4.90 Å². The standard InChI is InChI=1S/C14H14N2O4S2/c15-22(19,20)14-9-5-4-8-13(14)16-21(17,18)11-10-12-6-2-1-3-7-12/h1-11,16H,(H2,15,19,20). The zero-order valence-corrected chi connectivity index (χ0v) is 13.0. The lowest BCUT2D eigenvalue weighted by Crippen LogP contribution is -2.17. The molecule has 0 atom stereocenters. The molecule has 22 heavy (non-hydrogen) atoms. The molecular formula is C14H14N2O4S2. The van der Waals surface area contributed by atoms with Gasteiger partial charge in [-0.25, -0.2) is 22.0 Å². The van der Waals surface area contributed by atoms with Crippen molar-refractivity contribution in [2.45, 2.75) is 4.90 Å². The fourth-order valence-corrected chi connectivity index (χ4v) is 3.37.